The molecule has 0 spiro atoms. The van der Waals surface area contributed by atoms with Crippen molar-refractivity contribution >= 4 is 11.4 Å². The van der Waals surface area contributed by atoms with E-state index in [1.165, 1.54) is 33.8 Å². The summed E-state index contributed by atoms with van der Waals surface area (Å²) in [4.78, 5) is 25.4. The summed E-state index contributed by atoms with van der Waals surface area (Å²) in [6, 6.07) is 5.87. The molecule has 1 fully saturated rings. The van der Waals surface area contributed by atoms with E-state index in [2.05, 4.69) is 10.4 Å². The standard InChI is InChI=1S/C21H23FN4O3/c22-15-8-6-14(7-9-15)19-17(13-27)20-21(29)25(10-11-26(20)24-19)12-18(28)23-16-4-2-1-3-5-16/h6-11,16,27H,1-5,12-13H2,(H,23,28). The largest absolute Gasteiger partial charge is 0.392 e. The lowest BCUT2D eigenvalue weighted by Gasteiger charge is -2.22. The van der Waals surface area contributed by atoms with Crippen LogP contribution in [0.4, 0.5) is 4.39 Å². The molecule has 1 amide bonds. The van der Waals surface area contributed by atoms with E-state index in [0.717, 1.165) is 25.7 Å². The fourth-order valence-electron chi connectivity index (χ4n) is 3.94. The molecule has 0 aliphatic heterocycles. The van der Waals surface area contributed by atoms with Crippen LogP contribution in [0.1, 0.15) is 37.7 Å². The third-order valence-electron chi connectivity index (χ3n) is 5.42. The predicted octanol–water partition coefficient (Wildman–Crippen LogP) is 2.24. The molecule has 1 aliphatic carbocycles. The molecule has 1 aromatic carbocycles. The van der Waals surface area contributed by atoms with E-state index in [-0.39, 0.29) is 29.8 Å². The van der Waals surface area contributed by atoms with Gasteiger partial charge in [-0.1, -0.05) is 19.3 Å². The number of benzene rings is 1. The second-order valence-corrected chi connectivity index (χ2v) is 7.42. The second-order valence-electron chi connectivity index (χ2n) is 7.42. The van der Waals surface area contributed by atoms with E-state index < -0.39 is 12.2 Å². The van der Waals surface area contributed by atoms with Gasteiger partial charge in [-0.3, -0.25) is 9.59 Å². The Bertz CT molecular complexity index is 1080. The van der Waals surface area contributed by atoms with Crippen LogP contribution in [-0.2, 0) is 17.9 Å². The highest BCUT2D eigenvalue weighted by atomic mass is 19.1. The van der Waals surface area contributed by atoms with Gasteiger partial charge in [0.15, 0.2) is 0 Å². The summed E-state index contributed by atoms with van der Waals surface area (Å²) in [6.07, 6.45) is 8.45. The summed E-state index contributed by atoms with van der Waals surface area (Å²) in [7, 11) is 0. The summed E-state index contributed by atoms with van der Waals surface area (Å²) in [6.45, 7) is -0.489. The number of amides is 1. The Hall–Kier alpha value is -3.00. The smallest absolute Gasteiger partial charge is 0.277 e. The van der Waals surface area contributed by atoms with Gasteiger partial charge in [-0.25, -0.2) is 8.91 Å². The first-order chi connectivity index (χ1) is 14.1. The Balaban J connectivity index is 1.65. The number of hydrogen-bond donors (Lipinski definition) is 2. The van der Waals surface area contributed by atoms with E-state index >= 15 is 0 Å². The van der Waals surface area contributed by atoms with E-state index in [1.54, 1.807) is 18.3 Å². The number of carbonyl (C=O) groups is 1. The quantitative estimate of drug-likeness (QED) is 0.690. The van der Waals surface area contributed by atoms with Gasteiger partial charge in [-0.05, 0) is 37.1 Å². The van der Waals surface area contributed by atoms with Gasteiger partial charge in [0.25, 0.3) is 5.56 Å². The number of aliphatic hydroxyl groups is 1. The number of fused-ring (bicyclic) bond motifs is 1. The fourth-order valence-corrected chi connectivity index (χ4v) is 3.94. The Morgan fingerprint density at radius 3 is 2.59 bits per heavy atom. The highest BCUT2D eigenvalue weighted by Crippen LogP contribution is 2.25. The fraction of sp³-hybridized carbons (Fsp3) is 0.381. The van der Waals surface area contributed by atoms with Crippen molar-refractivity contribution < 1.29 is 14.3 Å². The molecular formula is C21H23FN4O3. The van der Waals surface area contributed by atoms with Crippen LogP contribution in [-0.4, -0.2) is 31.2 Å². The summed E-state index contributed by atoms with van der Waals surface area (Å²) in [5, 5.41) is 17.3. The average molecular weight is 398 g/mol. The van der Waals surface area contributed by atoms with Gasteiger partial charge in [-0.2, -0.15) is 5.10 Å². The first kappa shape index (κ1) is 19.3. The van der Waals surface area contributed by atoms with Crippen LogP contribution >= 0.6 is 0 Å². The van der Waals surface area contributed by atoms with Gasteiger partial charge in [0, 0.05) is 29.6 Å². The zero-order valence-corrected chi connectivity index (χ0v) is 16.0. The van der Waals surface area contributed by atoms with Crippen LogP contribution in [0.2, 0.25) is 0 Å². The number of aliphatic hydroxyl groups excluding tert-OH is 1. The number of aromatic nitrogens is 3. The molecule has 2 heterocycles. The summed E-state index contributed by atoms with van der Waals surface area (Å²) >= 11 is 0. The van der Waals surface area contributed by atoms with Gasteiger partial charge < -0.3 is 15.0 Å². The SMILES string of the molecule is O=C(Cn1ccn2nc(-c3ccc(F)cc3)c(CO)c2c1=O)NC1CCCCC1. The number of nitrogens with one attached hydrogen (secondary N) is 1. The Kier molecular flexibility index (Phi) is 5.44. The first-order valence-electron chi connectivity index (χ1n) is 9.83. The van der Waals surface area contributed by atoms with E-state index in [0.29, 0.717) is 16.8 Å². The molecular weight excluding hydrogens is 375 g/mol. The van der Waals surface area contributed by atoms with Crippen LogP contribution in [0.5, 0.6) is 0 Å². The van der Waals surface area contributed by atoms with Gasteiger partial charge in [-0.15, -0.1) is 0 Å². The van der Waals surface area contributed by atoms with Crippen LogP contribution in [0.3, 0.4) is 0 Å². The molecule has 0 radical (unpaired) electrons. The molecule has 0 atom stereocenters. The number of nitrogens with zero attached hydrogens (tertiary/aromatic N) is 3. The Labute approximate surface area is 166 Å². The molecule has 2 aromatic heterocycles. The van der Waals surface area contributed by atoms with Gasteiger partial charge in [0.1, 0.15) is 17.9 Å². The van der Waals surface area contributed by atoms with Gasteiger partial charge in [0.05, 0.1) is 12.3 Å². The van der Waals surface area contributed by atoms with Crippen molar-refractivity contribution in [2.24, 2.45) is 0 Å². The molecule has 0 saturated heterocycles. The van der Waals surface area contributed by atoms with E-state index in [1.807, 2.05) is 0 Å². The maximum Gasteiger partial charge on any atom is 0.277 e. The Morgan fingerprint density at radius 2 is 1.90 bits per heavy atom. The van der Waals surface area contributed by atoms with E-state index in [4.69, 9.17) is 0 Å². The molecule has 7 nitrogen and oxygen atoms in total. The first-order valence-corrected chi connectivity index (χ1v) is 9.83. The van der Waals surface area contributed by atoms with Crippen LogP contribution in [0.25, 0.3) is 16.8 Å². The lowest BCUT2D eigenvalue weighted by atomic mass is 9.95. The van der Waals surface area contributed by atoms with Crippen LogP contribution < -0.4 is 10.9 Å². The van der Waals surface area contributed by atoms with Gasteiger partial charge >= 0.3 is 0 Å². The number of hydrogen-bond acceptors (Lipinski definition) is 4. The molecule has 29 heavy (non-hydrogen) atoms. The monoisotopic (exact) mass is 398 g/mol. The average Bonchev–Trinajstić information content (AvgIpc) is 3.11. The normalized spacial score (nSPS) is 15.0. The summed E-state index contributed by atoms with van der Waals surface area (Å²) in [5.41, 5.74) is 1.16. The minimum atomic E-state index is -0.406. The van der Waals surface area contributed by atoms with Gasteiger partial charge in [0.2, 0.25) is 5.91 Å². The highest BCUT2D eigenvalue weighted by molar-refractivity contribution is 5.76. The summed E-state index contributed by atoms with van der Waals surface area (Å²) < 4.78 is 15.9. The second kappa shape index (κ2) is 8.16. The molecule has 4 rings (SSSR count). The number of halogens is 1. The van der Waals surface area contributed by atoms with E-state index in [9.17, 15) is 19.1 Å². The van der Waals surface area contributed by atoms with Crippen molar-refractivity contribution in [1.29, 1.82) is 0 Å². The predicted molar refractivity (Wildman–Crippen MR) is 106 cm³/mol. The molecule has 3 aromatic rings. The molecule has 1 saturated carbocycles. The topological polar surface area (TPSA) is 88.6 Å². The number of rotatable bonds is 5. The number of carbonyl (C=O) groups excluding carboxylic acids is 1. The minimum absolute atomic E-state index is 0.0895. The molecule has 2 N–H and O–H groups in total. The maximum atomic E-state index is 13.2. The third-order valence-corrected chi connectivity index (χ3v) is 5.42. The van der Waals surface area contributed by atoms with Crippen molar-refractivity contribution in [3.05, 3.63) is 58.4 Å². The molecule has 1 aliphatic rings. The lowest BCUT2D eigenvalue weighted by Crippen LogP contribution is -2.40. The Morgan fingerprint density at radius 1 is 1.17 bits per heavy atom. The molecule has 0 unspecified atom stereocenters. The molecule has 152 valence electrons. The van der Waals surface area contributed by atoms with Crippen LogP contribution in [0, 0.1) is 5.82 Å². The van der Waals surface area contributed by atoms with Crippen molar-refractivity contribution in [2.45, 2.75) is 51.3 Å². The zero-order valence-electron chi connectivity index (χ0n) is 16.0. The summed E-state index contributed by atoms with van der Waals surface area (Å²) in [5.74, 6) is -0.582. The molecule has 8 heteroatoms. The van der Waals surface area contributed by atoms with Crippen molar-refractivity contribution in [1.82, 2.24) is 19.5 Å². The minimum Gasteiger partial charge on any atom is -0.392 e. The van der Waals surface area contributed by atoms with Crippen molar-refractivity contribution in [2.75, 3.05) is 0 Å². The van der Waals surface area contributed by atoms with Crippen LogP contribution in [0.15, 0.2) is 41.5 Å². The maximum absolute atomic E-state index is 13.2. The lowest BCUT2D eigenvalue weighted by molar-refractivity contribution is -0.122. The third kappa shape index (κ3) is 3.93. The van der Waals surface area contributed by atoms with Crippen molar-refractivity contribution in [3.63, 3.8) is 0 Å². The zero-order chi connectivity index (χ0) is 20.4. The van der Waals surface area contributed by atoms with Crippen molar-refractivity contribution in [3.8, 4) is 11.3 Å². The highest BCUT2D eigenvalue weighted by Gasteiger charge is 2.20. The molecule has 0 bridgehead atoms.